The van der Waals surface area contributed by atoms with E-state index in [1.165, 1.54) is 38.5 Å². The molecule has 1 aliphatic carbocycles. The Morgan fingerprint density at radius 2 is 2.07 bits per heavy atom. The van der Waals surface area contributed by atoms with E-state index in [9.17, 15) is 0 Å². The van der Waals surface area contributed by atoms with Gasteiger partial charge in [0.2, 0.25) is 0 Å². The standard InChI is InChI=1S/C13H25N/c1-3-8-13(14-4-2)11-12-9-6-5-7-10-12/h3,12-14H,1,4-11H2,2H3. The fraction of sp³-hybridized carbons (Fsp3) is 0.846. The molecule has 0 radical (unpaired) electrons. The Morgan fingerprint density at radius 3 is 2.64 bits per heavy atom. The maximum absolute atomic E-state index is 3.84. The minimum atomic E-state index is 0.681. The second kappa shape index (κ2) is 7.05. The highest BCUT2D eigenvalue weighted by Crippen LogP contribution is 2.27. The van der Waals surface area contributed by atoms with Crippen molar-refractivity contribution in [2.45, 2.75) is 57.9 Å². The summed E-state index contributed by atoms with van der Waals surface area (Å²) in [6, 6.07) is 0.681. The van der Waals surface area contributed by atoms with E-state index in [0.717, 1.165) is 18.9 Å². The van der Waals surface area contributed by atoms with Crippen molar-refractivity contribution in [3.63, 3.8) is 0 Å². The Kier molecular flexibility index (Phi) is 5.93. The smallest absolute Gasteiger partial charge is 0.0104 e. The first-order valence-electron chi connectivity index (χ1n) is 6.21. The van der Waals surface area contributed by atoms with E-state index in [1.54, 1.807) is 0 Å². The normalized spacial score (nSPS) is 20.6. The van der Waals surface area contributed by atoms with Crippen molar-refractivity contribution in [3.8, 4) is 0 Å². The maximum Gasteiger partial charge on any atom is 0.0104 e. The Balaban J connectivity index is 2.25. The zero-order valence-electron chi connectivity index (χ0n) is 9.60. The van der Waals surface area contributed by atoms with Crippen LogP contribution >= 0.6 is 0 Å². The number of rotatable bonds is 6. The Morgan fingerprint density at radius 1 is 1.36 bits per heavy atom. The molecule has 0 amide bonds. The molecule has 0 aromatic rings. The second-order valence-corrected chi connectivity index (χ2v) is 4.52. The third kappa shape index (κ3) is 4.28. The predicted octanol–water partition coefficient (Wildman–Crippen LogP) is 3.51. The van der Waals surface area contributed by atoms with Gasteiger partial charge in [-0.25, -0.2) is 0 Å². The molecule has 1 fully saturated rings. The van der Waals surface area contributed by atoms with Crippen molar-refractivity contribution in [1.29, 1.82) is 0 Å². The maximum atomic E-state index is 3.84. The number of nitrogens with one attached hydrogen (secondary N) is 1. The Hall–Kier alpha value is -0.300. The van der Waals surface area contributed by atoms with Gasteiger partial charge in [-0.3, -0.25) is 0 Å². The molecule has 1 saturated carbocycles. The molecule has 1 nitrogen and oxygen atoms in total. The monoisotopic (exact) mass is 195 g/mol. The van der Waals surface area contributed by atoms with Gasteiger partial charge in [0, 0.05) is 6.04 Å². The average Bonchev–Trinajstić information content (AvgIpc) is 2.20. The molecule has 0 spiro atoms. The van der Waals surface area contributed by atoms with Crippen molar-refractivity contribution in [1.82, 2.24) is 5.32 Å². The van der Waals surface area contributed by atoms with Crippen LogP contribution in [0.15, 0.2) is 12.7 Å². The van der Waals surface area contributed by atoms with Crippen molar-refractivity contribution < 1.29 is 0 Å². The first-order valence-corrected chi connectivity index (χ1v) is 6.21. The minimum absolute atomic E-state index is 0.681. The molecule has 1 rings (SSSR count). The van der Waals surface area contributed by atoms with Gasteiger partial charge in [-0.05, 0) is 25.3 Å². The molecule has 0 aromatic carbocycles. The van der Waals surface area contributed by atoms with Gasteiger partial charge >= 0.3 is 0 Å². The molecule has 1 heteroatoms. The summed E-state index contributed by atoms with van der Waals surface area (Å²) in [5.74, 6) is 0.979. The largest absolute Gasteiger partial charge is 0.314 e. The summed E-state index contributed by atoms with van der Waals surface area (Å²) >= 11 is 0. The van der Waals surface area contributed by atoms with E-state index in [2.05, 4.69) is 24.9 Å². The summed E-state index contributed by atoms with van der Waals surface area (Å²) in [7, 11) is 0. The van der Waals surface area contributed by atoms with Gasteiger partial charge < -0.3 is 5.32 Å². The Bertz CT molecular complexity index is 147. The molecule has 82 valence electrons. The van der Waals surface area contributed by atoms with E-state index in [-0.39, 0.29) is 0 Å². The molecule has 1 N–H and O–H groups in total. The molecule has 0 aromatic heterocycles. The SMILES string of the molecule is C=CCC(CC1CCCCC1)NCC. The molecule has 0 heterocycles. The lowest BCUT2D eigenvalue weighted by atomic mass is 9.84. The van der Waals surface area contributed by atoms with E-state index in [0.29, 0.717) is 6.04 Å². The van der Waals surface area contributed by atoms with E-state index in [4.69, 9.17) is 0 Å². The number of hydrogen-bond acceptors (Lipinski definition) is 1. The van der Waals surface area contributed by atoms with Gasteiger partial charge in [0.25, 0.3) is 0 Å². The lowest BCUT2D eigenvalue weighted by Gasteiger charge is -2.26. The minimum Gasteiger partial charge on any atom is -0.314 e. The molecule has 0 bridgehead atoms. The Labute approximate surface area is 89.0 Å². The van der Waals surface area contributed by atoms with Gasteiger partial charge in [0.05, 0.1) is 0 Å². The van der Waals surface area contributed by atoms with E-state index in [1.807, 2.05) is 0 Å². The molecule has 1 atom stereocenters. The van der Waals surface area contributed by atoms with Gasteiger partial charge in [-0.1, -0.05) is 45.1 Å². The van der Waals surface area contributed by atoms with Crippen molar-refractivity contribution in [3.05, 3.63) is 12.7 Å². The highest BCUT2D eigenvalue weighted by molar-refractivity contribution is 4.81. The summed E-state index contributed by atoms with van der Waals surface area (Å²) in [4.78, 5) is 0. The summed E-state index contributed by atoms with van der Waals surface area (Å²) < 4.78 is 0. The van der Waals surface area contributed by atoms with Gasteiger partial charge in [-0.15, -0.1) is 6.58 Å². The van der Waals surface area contributed by atoms with Crippen molar-refractivity contribution in [2.75, 3.05) is 6.54 Å². The van der Waals surface area contributed by atoms with E-state index >= 15 is 0 Å². The predicted molar refractivity (Wildman–Crippen MR) is 63.5 cm³/mol. The third-order valence-electron chi connectivity index (χ3n) is 3.29. The van der Waals surface area contributed by atoms with Crippen LogP contribution in [-0.2, 0) is 0 Å². The fourth-order valence-corrected chi connectivity index (χ4v) is 2.58. The molecule has 1 unspecified atom stereocenters. The van der Waals surface area contributed by atoms with Crippen LogP contribution in [0.3, 0.4) is 0 Å². The fourth-order valence-electron chi connectivity index (χ4n) is 2.58. The summed E-state index contributed by atoms with van der Waals surface area (Å²) in [6.45, 7) is 7.12. The topological polar surface area (TPSA) is 12.0 Å². The van der Waals surface area contributed by atoms with Crippen LogP contribution in [-0.4, -0.2) is 12.6 Å². The molecule has 0 saturated heterocycles. The summed E-state index contributed by atoms with van der Waals surface area (Å²) in [5, 5.41) is 3.56. The molecule has 0 aliphatic heterocycles. The third-order valence-corrected chi connectivity index (χ3v) is 3.29. The molecular formula is C13H25N. The zero-order valence-corrected chi connectivity index (χ0v) is 9.60. The van der Waals surface area contributed by atoms with E-state index < -0.39 is 0 Å². The first-order chi connectivity index (χ1) is 6.86. The quantitative estimate of drug-likeness (QED) is 0.640. The van der Waals surface area contributed by atoms with Crippen LogP contribution < -0.4 is 5.32 Å². The van der Waals surface area contributed by atoms with Crippen LogP contribution in [0.2, 0.25) is 0 Å². The van der Waals surface area contributed by atoms with Crippen LogP contribution in [0, 0.1) is 5.92 Å². The highest BCUT2D eigenvalue weighted by atomic mass is 14.9. The zero-order chi connectivity index (χ0) is 10.2. The van der Waals surface area contributed by atoms with Crippen LogP contribution in [0.25, 0.3) is 0 Å². The summed E-state index contributed by atoms with van der Waals surface area (Å²) in [6.07, 6.45) is 11.8. The van der Waals surface area contributed by atoms with Gasteiger partial charge in [0.15, 0.2) is 0 Å². The molecule has 14 heavy (non-hydrogen) atoms. The van der Waals surface area contributed by atoms with Crippen LogP contribution in [0.4, 0.5) is 0 Å². The molecule has 1 aliphatic rings. The van der Waals surface area contributed by atoms with Crippen LogP contribution in [0.5, 0.6) is 0 Å². The lowest BCUT2D eigenvalue weighted by Crippen LogP contribution is -2.31. The number of hydrogen-bond donors (Lipinski definition) is 1. The van der Waals surface area contributed by atoms with Crippen molar-refractivity contribution >= 4 is 0 Å². The average molecular weight is 195 g/mol. The first kappa shape index (κ1) is 11.8. The van der Waals surface area contributed by atoms with Gasteiger partial charge in [-0.2, -0.15) is 0 Å². The van der Waals surface area contributed by atoms with Crippen LogP contribution in [0.1, 0.15) is 51.9 Å². The summed E-state index contributed by atoms with van der Waals surface area (Å²) in [5.41, 5.74) is 0. The van der Waals surface area contributed by atoms with Crippen molar-refractivity contribution in [2.24, 2.45) is 5.92 Å². The van der Waals surface area contributed by atoms with Gasteiger partial charge in [0.1, 0.15) is 0 Å². The highest BCUT2D eigenvalue weighted by Gasteiger charge is 2.17. The second-order valence-electron chi connectivity index (χ2n) is 4.52. The lowest BCUT2D eigenvalue weighted by molar-refractivity contribution is 0.300. The molecular weight excluding hydrogens is 170 g/mol.